The van der Waals surface area contributed by atoms with Crippen molar-refractivity contribution in [2.45, 2.75) is 39.5 Å². The van der Waals surface area contributed by atoms with Crippen LogP contribution in [0.5, 0.6) is 0 Å². The molecular weight excluding hydrogens is 312 g/mol. The maximum Gasteiger partial charge on any atom is 0.394 e. The van der Waals surface area contributed by atoms with E-state index in [1.807, 2.05) is 12.1 Å². The number of benzene rings is 2. The van der Waals surface area contributed by atoms with Crippen molar-refractivity contribution < 1.29 is 17.5 Å². The Balaban J connectivity index is 0.000000332. The van der Waals surface area contributed by atoms with E-state index in [1.165, 1.54) is 11.1 Å². The monoisotopic (exact) mass is 338 g/mol. The van der Waals surface area contributed by atoms with Gasteiger partial charge in [0.05, 0.1) is 0 Å². The van der Waals surface area contributed by atoms with Gasteiger partial charge in [0.25, 0.3) is 0 Å². The van der Waals surface area contributed by atoms with Crippen LogP contribution in [-0.4, -0.2) is 17.5 Å². The van der Waals surface area contributed by atoms with Crippen molar-refractivity contribution in [1.82, 2.24) is 0 Å². The molecule has 0 aromatic heterocycles. The van der Waals surface area contributed by atoms with Gasteiger partial charge in [0.15, 0.2) is 0 Å². The summed E-state index contributed by atoms with van der Waals surface area (Å²) in [6, 6.07) is 21.0. The minimum absolute atomic E-state index is 0.659. The Bertz CT molecular complexity index is 569. The number of rotatable bonds is 2. The highest BCUT2D eigenvalue weighted by Gasteiger charge is 1.94. The molecule has 0 spiro atoms. The Hall–Kier alpha value is -1.69. The first-order valence-corrected chi connectivity index (χ1v) is 8.80. The molecule has 0 unspecified atom stereocenters. The molecule has 4 nitrogen and oxygen atoms in total. The lowest BCUT2D eigenvalue weighted by Gasteiger charge is -2.01. The highest BCUT2D eigenvalue weighted by Crippen LogP contribution is 2.12. The largest absolute Gasteiger partial charge is 0.394 e. The Kier molecular flexibility index (Phi) is 10.1. The summed E-state index contributed by atoms with van der Waals surface area (Å²) in [6.45, 7) is 8.81. The van der Waals surface area contributed by atoms with Crippen molar-refractivity contribution in [2.24, 2.45) is 0 Å². The predicted molar refractivity (Wildman–Crippen MR) is 95.2 cm³/mol. The van der Waals surface area contributed by atoms with Gasteiger partial charge in [0, 0.05) is 0 Å². The third-order valence-electron chi connectivity index (χ3n) is 2.93. The molecule has 2 rings (SSSR count). The van der Waals surface area contributed by atoms with Crippen LogP contribution < -0.4 is 0 Å². The maximum atomic E-state index is 8.74. The summed E-state index contributed by atoms with van der Waals surface area (Å²) in [7, 11) is -4.67. The second-order valence-corrected chi connectivity index (χ2v) is 6.47. The van der Waals surface area contributed by atoms with Crippen molar-refractivity contribution >= 4 is 10.4 Å². The first kappa shape index (κ1) is 21.3. The van der Waals surface area contributed by atoms with Crippen LogP contribution in [0.1, 0.15) is 50.7 Å². The molecular formula is C18H26O4S. The van der Waals surface area contributed by atoms with Crippen LogP contribution in [0.25, 0.3) is 0 Å². The Labute approximate surface area is 139 Å². The summed E-state index contributed by atoms with van der Waals surface area (Å²) in [5.74, 6) is 1.32. The lowest BCUT2D eigenvalue weighted by molar-refractivity contribution is 0.381. The first-order chi connectivity index (χ1) is 10.6. The number of hydrogen-bond acceptors (Lipinski definition) is 2. The van der Waals surface area contributed by atoms with Gasteiger partial charge in [-0.25, -0.2) is 0 Å². The van der Waals surface area contributed by atoms with E-state index >= 15 is 0 Å². The van der Waals surface area contributed by atoms with Gasteiger partial charge in [-0.1, -0.05) is 88.4 Å². The van der Waals surface area contributed by atoms with Crippen LogP contribution in [-0.2, 0) is 10.4 Å². The Morgan fingerprint density at radius 3 is 1.00 bits per heavy atom. The summed E-state index contributed by atoms with van der Waals surface area (Å²) in [4.78, 5) is 0. The summed E-state index contributed by atoms with van der Waals surface area (Å²) >= 11 is 0. The Morgan fingerprint density at radius 2 is 0.870 bits per heavy atom. The van der Waals surface area contributed by atoms with Crippen LogP contribution in [0.2, 0.25) is 0 Å². The molecule has 0 fully saturated rings. The van der Waals surface area contributed by atoms with Crippen molar-refractivity contribution in [3.63, 3.8) is 0 Å². The summed E-state index contributed by atoms with van der Waals surface area (Å²) in [5.41, 5.74) is 2.83. The standard InChI is InChI=1S/2C9H12.H2O4S/c2*1-8(2)9-6-4-3-5-7-9;1-5(2,3)4/h2*3-8H,1-2H3;(H2,1,2,3,4). The molecule has 0 aliphatic heterocycles. The van der Waals surface area contributed by atoms with E-state index < -0.39 is 10.4 Å². The first-order valence-electron chi connectivity index (χ1n) is 7.41. The third kappa shape index (κ3) is 13.7. The second kappa shape index (κ2) is 10.9. The fraction of sp³-hybridized carbons (Fsp3) is 0.333. The normalized spacial score (nSPS) is 10.4. The van der Waals surface area contributed by atoms with Crippen LogP contribution in [0.3, 0.4) is 0 Å². The van der Waals surface area contributed by atoms with E-state index in [0.29, 0.717) is 11.8 Å². The minimum atomic E-state index is -4.67. The van der Waals surface area contributed by atoms with E-state index in [0.717, 1.165) is 0 Å². The molecule has 0 aliphatic rings. The van der Waals surface area contributed by atoms with Crippen molar-refractivity contribution in [3.05, 3.63) is 71.8 Å². The third-order valence-corrected chi connectivity index (χ3v) is 2.93. The molecule has 0 atom stereocenters. The minimum Gasteiger partial charge on any atom is -0.264 e. The van der Waals surface area contributed by atoms with Gasteiger partial charge in [-0.05, 0) is 23.0 Å². The molecule has 128 valence electrons. The molecule has 2 aromatic rings. The van der Waals surface area contributed by atoms with Gasteiger partial charge in [-0.15, -0.1) is 0 Å². The zero-order valence-corrected chi connectivity index (χ0v) is 14.9. The van der Waals surface area contributed by atoms with Gasteiger partial charge in [-0.2, -0.15) is 8.42 Å². The van der Waals surface area contributed by atoms with E-state index in [1.54, 1.807) is 0 Å². The highest BCUT2D eigenvalue weighted by atomic mass is 32.3. The molecule has 2 aromatic carbocycles. The average Bonchev–Trinajstić information content (AvgIpc) is 2.48. The molecule has 0 aliphatic carbocycles. The molecule has 0 saturated heterocycles. The SMILES string of the molecule is CC(C)c1ccccc1.CC(C)c1ccccc1.O=S(=O)(O)O. The molecule has 0 amide bonds. The van der Waals surface area contributed by atoms with Crippen LogP contribution >= 0.6 is 0 Å². The second-order valence-electron chi connectivity index (χ2n) is 5.58. The quantitative estimate of drug-likeness (QED) is 0.758. The number of hydrogen-bond donors (Lipinski definition) is 2. The molecule has 2 N–H and O–H groups in total. The van der Waals surface area contributed by atoms with Gasteiger partial charge in [-0.3, -0.25) is 9.11 Å². The smallest absolute Gasteiger partial charge is 0.264 e. The molecule has 23 heavy (non-hydrogen) atoms. The molecule has 5 heteroatoms. The predicted octanol–water partition coefficient (Wildman–Crippen LogP) is 4.97. The molecule has 0 radical (unpaired) electrons. The lowest BCUT2D eigenvalue weighted by Crippen LogP contribution is -1.89. The van der Waals surface area contributed by atoms with Crippen molar-refractivity contribution in [2.75, 3.05) is 0 Å². The topological polar surface area (TPSA) is 74.6 Å². The lowest BCUT2D eigenvalue weighted by atomic mass is 10.0. The van der Waals surface area contributed by atoms with Gasteiger partial charge >= 0.3 is 10.4 Å². The maximum absolute atomic E-state index is 8.74. The van der Waals surface area contributed by atoms with Crippen LogP contribution in [0, 0.1) is 0 Å². The summed E-state index contributed by atoms with van der Waals surface area (Å²) in [5, 5.41) is 0. The van der Waals surface area contributed by atoms with Crippen LogP contribution in [0.4, 0.5) is 0 Å². The molecule has 0 heterocycles. The van der Waals surface area contributed by atoms with E-state index in [9.17, 15) is 0 Å². The van der Waals surface area contributed by atoms with Gasteiger partial charge in [0.2, 0.25) is 0 Å². The van der Waals surface area contributed by atoms with Crippen molar-refractivity contribution in [3.8, 4) is 0 Å². The fourth-order valence-corrected chi connectivity index (χ4v) is 1.68. The average molecular weight is 338 g/mol. The zero-order chi connectivity index (χ0) is 17.9. The van der Waals surface area contributed by atoms with Gasteiger partial charge < -0.3 is 0 Å². The van der Waals surface area contributed by atoms with E-state index in [2.05, 4.69) is 76.2 Å². The summed E-state index contributed by atoms with van der Waals surface area (Å²) in [6.07, 6.45) is 0. The van der Waals surface area contributed by atoms with Crippen LogP contribution in [0.15, 0.2) is 60.7 Å². The molecule has 0 bridgehead atoms. The zero-order valence-electron chi connectivity index (χ0n) is 14.0. The molecule has 0 saturated carbocycles. The van der Waals surface area contributed by atoms with Gasteiger partial charge in [0.1, 0.15) is 0 Å². The summed E-state index contributed by atoms with van der Waals surface area (Å²) < 4.78 is 31.6. The fourth-order valence-electron chi connectivity index (χ4n) is 1.68. The van der Waals surface area contributed by atoms with Crippen molar-refractivity contribution in [1.29, 1.82) is 0 Å². The Morgan fingerprint density at radius 1 is 0.652 bits per heavy atom. The van der Waals surface area contributed by atoms with E-state index in [-0.39, 0.29) is 0 Å². The van der Waals surface area contributed by atoms with E-state index in [4.69, 9.17) is 17.5 Å². The highest BCUT2D eigenvalue weighted by molar-refractivity contribution is 7.79.